The molecule has 6 N–H and O–H groups in total. The summed E-state index contributed by atoms with van der Waals surface area (Å²) < 4.78 is 37.1. The highest BCUT2D eigenvalue weighted by Crippen LogP contribution is 2.59. The molecule has 2 amide bonds. The Morgan fingerprint density at radius 1 is 0.919 bits per heavy atom. The molecule has 4 heterocycles. The number of carbonyl (C=O) groups is 4. The van der Waals surface area contributed by atoms with E-state index in [1.165, 1.54) is 9.96 Å². The predicted octanol–water partition coefficient (Wildman–Crippen LogP) is 3.63. The summed E-state index contributed by atoms with van der Waals surface area (Å²) in [5.74, 6) is -3.29. The number of amides is 2. The van der Waals surface area contributed by atoms with Crippen molar-refractivity contribution in [2.75, 3.05) is 26.9 Å². The number of nitrogens with one attached hydrogen (secondary N) is 1. The number of esters is 2. The number of likely N-dealkylation sites (N-methyl/N-ethyl adjacent to an activating group) is 1. The summed E-state index contributed by atoms with van der Waals surface area (Å²) in [7, 11) is 1.54. The smallest absolute Gasteiger partial charge is 0.327 e. The number of aliphatic hydroxyl groups is 5. The van der Waals surface area contributed by atoms with Gasteiger partial charge in [-0.25, -0.2) is 0 Å². The lowest BCUT2D eigenvalue weighted by atomic mass is 9.62. The van der Waals surface area contributed by atoms with Gasteiger partial charge in [-0.2, -0.15) is 5.06 Å². The maximum Gasteiger partial charge on any atom is 0.327 e. The lowest BCUT2D eigenvalue weighted by Gasteiger charge is -2.50. The lowest BCUT2D eigenvalue weighted by molar-refractivity contribution is -0.298. The summed E-state index contributed by atoms with van der Waals surface area (Å²) >= 11 is 0. The van der Waals surface area contributed by atoms with Gasteiger partial charge in [0, 0.05) is 39.2 Å². The van der Waals surface area contributed by atoms with E-state index in [2.05, 4.69) is 19.2 Å². The molecule has 5 fully saturated rings. The van der Waals surface area contributed by atoms with Gasteiger partial charge in [-0.3, -0.25) is 24.0 Å². The van der Waals surface area contributed by atoms with Gasteiger partial charge in [0.25, 0.3) is 0 Å². The zero-order chi connectivity index (χ0) is 53.4. The molecule has 4 aliphatic heterocycles. The van der Waals surface area contributed by atoms with E-state index in [1.807, 2.05) is 54.6 Å². The normalized spacial score (nSPS) is 30.1. The van der Waals surface area contributed by atoms with Crippen molar-refractivity contribution in [2.24, 2.45) is 5.41 Å². The first kappa shape index (κ1) is 57.3. The number of carbonyl (C=O) groups excluding carboxylic acids is 4. The predicted molar refractivity (Wildman–Crippen MR) is 268 cm³/mol. The van der Waals surface area contributed by atoms with Crippen LogP contribution in [-0.4, -0.2) is 171 Å². The van der Waals surface area contributed by atoms with Crippen LogP contribution >= 0.6 is 0 Å². The second-order valence-corrected chi connectivity index (χ2v) is 21.5. The van der Waals surface area contributed by atoms with Crippen LogP contribution < -0.4 is 5.32 Å². The first-order valence-corrected chi connectivity index (χ1v) is 26.5. The zero-order valence-electron chi connectivity index (χ0n) is 43.7. The van der Waals surface area contributed by atoms with Crippen molar-refractivity contribution in [3.63, 3.8) is 0 Å². The largest absolute Gasteiger partial charge is 0.460 e. The second-order valence-electron chi connectivity index (χ2n) is 21.5. The Morgan fingerprint density at radius 2 is 1.59 bits per heavy atom. The molecule has 2 unspecified atom stereocenters. The van der Waals surface area contributed by atoms with Crippen LogP contribution in [0.2, 0.25) is 0 Å². The molecule has 0 spiro atoms. The molecular weight excluding hydrogens is 959 g/mol. The number of rotatable bonds is 25. The maximum absolute atomic E-state index is 16.0. The maximum atomic E-state index is 16.0. The van der Waals surface area contributed by atoms with Gasteiger partial charge in [0.05, 0.1) is 32.4 Å². The van der Waals surface area contributed by atoms with Crippen LogP contribution in [0.15, 0.2) is 60.7 Å². The Bertz CT molecular complexity index is 2210. The van der Waals surface area contributed by atoms with Crippen LogP contribution in [0, 0.1) is 5.41 Å². The van der Waals surface area contributed by atoms with E-state index in [0.717, 1.165) is 44.1 Å². The van der Waals surface area contributed by atoms with Gasteiger partial charge >= 0.3 is 11.9 Å². The van der Waals surface area contributed by atoms with Crippen molar-refractivity contribution in [1.82, 2.24) is 15.3 Å². The van der Waals surface area contributed by atoms with Gasteiger partial charge in [-0.1, -0.05) is 106 Å². The third kappa shape index (κ3) is 12.9. The Hall–Kier alpha value is -4.38. The molecular formula is C55H79N3O16. The SMILES string of the molecule is CCCCCC1(CCCCC)O[C@@H]2[C@H]3ON(Cc4ccccc4C=CCO[C@H]4O[C@H](CO)[C@H](O)[C@H](O)[C@H]4O)[C@H]4C(=O)OC(CC34C(=O)N(C)[C@H](Cc3ccccc3)C(=O)N[C@H](CO)CCC(=O)OC(C)(C)C)[C@@H]2O1. The van der Waals surface area contributed by atoms with E-state index < -0.39 is 127 Å². The number of unbranched alkanes of at least 4 members (excludes halogenated alkanes) is 4. The number of fused-ring (bicyclic) bond motifs is 4. The minimum absolute atomic E-state index is 0.00605. The highest BCUT2D eigenvalue weighted by molar-refractivity contribution is 5.96. The lowest BCUT2D eigenvalue weighted by Crippen LogP contribution is -2.70. The van der Waals surface area contributed by atoms with Crippen LogP contribution in [-0.2, 0) is 65.4 Å². The second kappa shape index (κ2) is 25.2. The quantitative estimate of drug-likeness (QED) is 0.0614. The first-order valence-electron chi connectivity index (χ1n) is 26.5. The summed E-state index contributed by atoms with van der Waals surface area (Å²) in [6.45, 7) is 8.34. The van der Waals surface area contributed by atoms with Crippen molar-refractivity contribution in [3.8, 4) is 0 Å². The number of hydrogen-bond donors (Lipinski definition) is 6. The average molecular weight is 1040 g/mol. The van der Waals surface area contributed by atoms with E-state index in [-0.39, 0.29) is 38.8 Å². The molecule has 7 rings (SSSR count). The summed E-state index contributed by atoms with van der Waals surface area (Å²) in [5, 5.41) is 55.5. The highest BCUT2D eigenvalue weighted by Gasteiger charge is 2.77. The molecule has 0 radical (unpaired) electrons. The van der Waals surface area contributed by atoms with Crippen LogP contribution in [0.1, 0.15) is 122 Å². The van der Waals surface area contributed by atoms with Crippen molar-refractivity contribution in [1.29, 1.82) is 0 Å². The molecule has 2 aromatic carbocycles. The fourth-order valence-electron chi connectivity index (χ4n) is 11.1. The Morgan fingerprint density at radius 3 is 2.26 bits per heavy atom. The number of aliphatic hydroxyl groups excluding tert-OH is 5. The third-order valence-electron chi connectivity index (χ3n) is 14.9. The average Bonchev–Trinajstić information content (AvgIpc) is 3.93. The summed E-state index contributed by atoms with van der Waals surface area (Å²) in [5.41, 5.74) is -0.228. The molecule has 13 atom stereocenters. The molecule has 2 bridgehead atoms. The van der Waals surface area contributed by atoms with Gasteiger partial charge in [-0.15, -0.1) is 0 Å². The number of benzene rings is 2. The number of hydrogen-bond acceptors (Lipinski definition) is 17. The molecule has 74 heavy (non-hydrogen) atoms. The zero-order valence-corrected chi connectivity index (χ0v) is 43.7. The molecule has 410 valence electrons. The highest BCUT2D eigenvalue weighted by atomic mass is 16.8. The molecule has 19 heteroatoms. The number of hydroxylamine groups is 2. The first-order chi connectivity index (χ1) is 35.4. The van der Waals surface area contributed by atoms with E-state index in [0.29, 0.717) is 24.0 Å². The third-order valence-corrected chi connectivity index (χ3v) is 14.9. The summed E-state index contributed by atoms with van der Waals surface area (Å²) in [6.07, 6.45) is -0.464. The number of ether oxygens (including phenoxy) is 6. The molecule has 5 aliphatic rings. The Kier molecular flexibility index (Phi) is 19.5. The Labute approximate surface area is 434 Å². The standard InChI is InChI=1S/C55H79N3O16/c1-7-9-16-26-54(27-17-10-8-2)72-45-39-30-55(52(67)57(6)38(29-34-19-12-11-13-20-34)49(65)56-37(32-59)24-25-41(61)71-53(3,4)5)47(50(66)69-39)58(74-48(55)46(45)73-54)31-36-22-15-14-21-35(36)23-18-28-68-51-44(64)43(63)42(62)40(33-60)70-51/h11-15,18-23,37-40,42-48,51,59-60,62-64H,7-10,16-17,24-33H2,1-6H3,(H,56,65)/t37-,38+,39?,40+,42-,43-,44+,45-,46-,47-,48+,51-,55?/m0/s1. The van der Waals surface area contributed by atoms with E-state index in [9.17, 15) is 39.9 Å². The fraction of sp³-hybridized carbons (Fsp3) is 0.673. The van der Waals surface area contributed by atoms with Crippen molar-refractivity contribution >= 4 is 29.8 Å². The van der Waals surface area contributed by atoms with E-state index in [4.69, 9.17) is 33.3 Å². The van der Waals surface area contributed by atoms with Crippen molar-refractivity contribution < 1.29 is 78.0 Å². The number of nitrogens with zero attached hydrogens (tertiary/aromatic N) is 2. The van der Waals surface area contributed by atoms with Crippen molar-refractivity contribution in [3.05, 3.63) is 77.4 Å². The minimum Gasteiger partial charge on any atom is -0.460 e. The van der Waals surface area contributed by atoms with E-state index in [1.54, 1.807) is 40.0 Å². The summed E-state index contributed by atoms with van der Waals surface area (Å²) in [6, 6.07) is 13.3. The van der Waals surface area contributed by atoms with Crippen LogP contribution in [0.4, 0.5) is 0 Å². The molecule has 19 nitrogen and oxygen atoms in total. The monoisotopic (exact) mass is 1040 g/mol. The van der Waals surface area contributed by atoms with Gasteiger partial charge in [0.1, 0.15) is 65.9 Å². The van der Waals surface area contributed by atoms with Gasteiger partial charge in [0.15, 0.2) is 18.1 Å². The van der Waals surface area contributed by atoms with Crippen LogP contribution in [0.25, 0.3) is 6.08 Å². The van der Waals surface area contributed by atoms with E-state index >= 15 is 4.79 Å². The van der Waals surface area contributed by atoms with Gasteiger partial charge in [0.2, 0.25) is 11.8 Å². The molecule has 1 saturated carbocycles. The van der Waals surface area contributed by atoms with Gasteiger partial charge in [-0.05, 0) is 56.7 Å². The fourth-order valence-corrected chi connectivity index (χ4v) is 11.1. The molecule has 0 aromatic heterocycles. The van der Waals surface area contributed by atoms with Crippen molar-refractivity contribution in [2.45, 2.75) is 203 Å². The molecule has 2 aromatic rings. The minimum atomic E-state index is -1.64. The topological polar surface area (TPSA) is 253 Å². The van der Waals surface area contributed by atoms with Crippen LogP contribution in [0.3, 0.4) is 0 Å². The van der Waals surface area contributed by atoms with Crippen LogP contribution in [0.5, 0.6) is 0 Å². The molecule has 1 aliphatic carbocycles. The summed E-state index contributed by atoms with van der Waals surface area (Å²) in [4.78, 5) is 66.7. The molecule has 4 saturated heterocycles. The van der Waals surface area contributed by atoms with Gasteiger partial charge < -0.3 is 64.2 Å². The Balaban J connectivity index is 1.21.